The SMILES string of the molecule is CC.CC(=O)CNc1cc(Cl)nc(N)n1. The van der Waals surface area contributed by atoms with E-state index in [9.17, 15) is 4.79 Å². The van der Waals surface area contributed by atoms with Gasteiger partial charge in [-0.15, -0.1) is 0 Å². The van der Waals surface area contributed by atoms with E-state index in [4.69, 9.17) is 17.3 Å². The number of nitrogens with one attached hydrogen (secondary N) is 1. The van der Waals surface area contributed by atoms with Crippen molar-refractivity contribution in [3.8, 4) is 0 Å². The maximum absolute atomic E-state index is 10.6. The van der Waals surface area contributed by atoms with Crippen LogP contribution in [0.4, 0.5) is 11.8 Å². The van der Waals surface area contributed by atoms with Gasteiger partial charge in [-0.25, -0.2) is 4.98 Å². The maximum atomic E-state index is 10.6. The Labute approximate surface area is 94.1 Å². The van der Waals surface area contributed by atoms with Crippen LogP contribution in [-0.2, 0) is 4.79 Å². The lowest BCUT2D eigenvalue weighted by molar-refractivity contribution is -0.115. The summed E-state index contributed by atoms with van der Waals surface area (Å²) in [5.74, 6) is 0.541. The second-order valence-corrected chi connectivity index (χ2v) is 2.88. The molecule has 0 aliphatic carbocycles. The van der Waals surface area contributed by atoms with E-state index in [2.05, 4.69) is 15.3 Å². The van der Waals surface area contributed by atoms with Crippen LogP contribution in [0.3, 0.4) is 0 Å². The molecule has 0 aromatic carbocycles. The summed E-state index contributed by atoms with van der Waals surface area (Å²) in [6, 6.07) is 1.50. The number of Topliss-reactive ketones (excluding diaryl/α,β-unsaturated/α-hetero) is 1. The number of halogens is 1. The normalized spacial score (nSPS) is 8.80. The van der Waals surface area contributed by atoms with E-state index < -0.39 is 0 Å². The Morgan fingerprint density at radius 2 is 2.13 bits per heavy atom. The summed E-state index contributed by atoms with van der Waals surface area (Å²) >= 11 is 5.61. The molecule has 0 atom stereocenters. The van der Waals surface area contributed by atoms with Crippen molar-refractivity contribution in [2.75, 3.05) is 17.6 Å². The van der Waals surface area contributed by atoms with E-state index in [-0.39, 0.29) is 23.4 Å². The fraction of sp³-hybridized carbons (Fsp3) is 0.444. The van der Waals surface area contributed by atoms with Crippen LogP contribution in [0.2, 0.25) is 5.15 Å². The average molecular weight is 231 g/mol. The Morgan fingerprint density at radius 1 is 1.53 bits per heavy atom. The molecule has 0 fully saturated rings. The highest BCUT2D eigenvalue weighted by Crippen LogP contribution is 2.11. The minimum Gasteiger partial charge on any atom is -0.368 e. The van der Waals surface area contributed by atoms with Crippen LogP contribution in [0.15, 0.2) is 6.07 Å². The quantitative estimate of drug-likeness (QED) is 0.773. The van der Waals surface area contributed by atoms with Crippen molar-refractivity contribution in [3.63, 3.8) is 0 Å². The third kappa shape index (κ3) is 5.85. The zero-order chi connectivity index (χ0) is 11.8. The minimum atomic E-state index is 0.00769. The van der Waals surface area contributed by atoms with Crippen LogP contribution in [0.5, 0.6) is 0 Å². The van der Waals surface area contributed by atoms with Gasteiger partial charge in [0.1, 0.15) is 16.8 Å². The number of hydrogen-bond donors (Lipinski definition) is 2. The highest BCUT2D eigenvalue weighted by Gasteiger charge is 2.00. The molecule has 0 bridgehead atoms. The van der Waals surface area contributed by atoms with Crippen molar-refractivity contribution in [3.05, 3.63) is 11.2 Å². The van der Waals surface area contributed by atoms with Gasteiger partial charge < -0.3 is 11.1 Å². The molecule has 1 aromatic rings. The van der Waals surface area contributed by atoms with Crippen LogP contribution in [0.25, 0.3) is 0 Å². The van der Waals surface area contributed by atoms with Crippen LogP contribution < -0.4 is 11.1 Å². The lowest BCUT2D eigenvalue weighted by Gasteiger charge is -2.03. The summed E-state index contributed by atoms with van der Waals surface area (Å²) in [6.45, 7) is 5.67. The number of ketones is 1. The average Bonchev–Trinajstić information content (AvgIpc) is 2.16. The van der Waals surface area contributed by atoms with Gasteiger partial charge in [0.2, 0.25) is 5.95 Å². The monoisotopic (exact) mass is 230 g/mol. The molecule has 5 nitrogen and oxygen atoms in total. The summed E-state index contributed by atoms with van der Waals surface area (Å²) in [4.78, 5) is 18.1. The molecule has 1 aromatic heterocycles. The fourth-order valence-electron chi connectivity index (χ4n) is 0.741. The molecule has 0 saturated heterocycles. The Bertz CT molecular complexity index is 310. The summed E-state index contributed by atoms with van der Waals surface area (Å²) < 4.78 is 0. The minimum absolute atomic E-state index is 0.00769. The molecule has 6 heteroatoms. The summed E-state index contributed by atoms with van der Waals surface area (Å²) in [5, 5.41) is 3.01. The topological polar surface area (TPSA) is 80.9 Å². The highest BCUT2D eigenvalue weighted by molar-refractivity contribution is 6.29. The second kappa shape index (κ2) is 7.00. The molecule has 0 amide bonds. The van der Waals surface area contributed by atoms with Gasteiger partial charge in [-0.3, -0.25) is 4.79 Å². The van der Waals surface area contributed by atoms with Crippen molar-refractivity contribution in [1.82, 2.24) is 9.97 Å². The summed E-state index contributed by atoms with van der Waals surface area (Å²) in [7, 11) is 0. The van der Waals surface area contributed by atoms with E-state index >= 15 is 0 Å². The zero-order valence-electron chi connectivity index (χ0n) is 9.04. The number of carbonyl (C=O) groups excluding carboxylic acids is 1. The number of nitrogens with zero attached hydrogens (tertiary/aromatic N) is 2. The van der Waals surface area contributed by atoms with Crippen LogP contribution in [-0.4, -0.2) is 22.3 Å². The van der Waals surface area contributed by atoms with Gasteiger partial charge in [-0.2, -0.15) is 4.98 Å². The van der Waals surface area contributed by atoms with Gasteiger partial charge in [-0.1, -0.05) is 25.4 Å². The molecule has 15 heavy (non-hydrogen) atoms. The predicted octanol–water partition coefficient (Wildman–Crippen LogP) is 1.74. The summed E-state index contributed by atoms with van der Waals surface area (Å²) in [6.07, 6.45) is 0. The number of anilines is 2. The highest BCUT2D eigenvalue weighted by atomic mass is 35.5. The molecule has 0 saturated carbocycles. The molecular formula is C9H15ClN4O. The predicted molar refractivity (Wildman–Crippen MR) is 62.0 cm³/mol. The first-order valence-electron chi connectivity index (χ1n) is 4.61. The van der Waals surface area contributed by atoms with Gasteiger partial charge in [0, 0.05) is 6.07 Å². The van der Waals surface area contributed by atoms with Crippen molar-refractivity contribution in [2.45, 2.75) is 20.8 Å². The number of nitrogen functional groups attached to an aromatic ring is 1. The van der Waals surface area contributed by atoms with Gasteiger partial charge in [-0.05, 0) is 6.92 Å². The Hall–Kier alpha value is -1.36. The molecule has 0 aliphatic rings. The van der Waals surface area contributed by atoms with Crippen molar-refractivity contribution >= 4 is 29.2 Å². The van der Waals surface area contributed by atoms with E-state index in [1.54, 1.807) is 0 Å². The Kier molecular flexibility index (Phi) is 6.37. The van der Waals surface area contributed by atoms with Crippen molar-refractivity contribution < 1.29 is 4.79 Å². The summed E-state index contributed by atoms with van der Waals surface area (Å²) in [5.41, 5.74) is 5.33. The van der Waals surface area contributed by atoms with Gasteiger partial charge in [0.15, 0.2) is 0 Å². The van der Waals surface area contributed by atoms with E-state index in [1.165, 1.54) is 13.0 Å². The van der Waals surface area contributed by atoms with Crippen LogP contribution >= 0.6 is 11.6 Å². The number of aromatic nitrogens is 2. The van der Waals surface area contributed by atoms with Gasteiger partial charge in [0.25, 0.3) is 0 Å². The lowest BCUT2D eigenvalue weighted by atomic mass is 10.4. The zero-order valence-corrected chi connectivity index (χ0v) is 9.80. The molecular weight excluding hydrogens is 216 g/mol. The number of hydrogen-bond acceptors (Lipinski definition) is 5. The standard InChI is InChI=1S/C7H9ClN4O.C2H6/c1-4(13)3-10-6-2-5(8)11-7(9)12-6;1-2/h2H,3H2,1H3,(H3,9,10,11,12);1-2H3. The molecule has 3 N–H and O–H groups in total. The molecule has 1 heterocycles. The molecule has 0 unspecified atom stereocenters. The number of rotatable bonds is 3. The van der Waals surface area contributed by atoms with Gasteiger partial charge in [0.05, 0.1) is 6.54 Å². The molecule has 0 radical (unpaired) electrons. The molecule has 1 rings (SSSR count). The number of nitrogens with two attached hydrogens (primary N) is 1. The Morgan fingerprint density at radius 3 is 2.60 bits per heavy atom. The van der Waals surface area contributed by atoms with E-state index in [0.717, 1.165) is 0 Å². The Balaban J connectivity index is 0.000000921. The third-order valence-corrected chi connectivity index (χ3v) is 1.42. The van der Waals surface area contributed by atoms with Crippen molar-refractivity contribution in [2.24, 2.45) is 0 Å². The maximum Gasteiger partial charge on any atom is 0.223 e. The molecule has 0 aliphatic heterocycles. The first-order valence-corrected chi connectivity index (χ1v) is 4.99. The third-order valence-electron chi connectivity index (χ3n) is 1.23. The van der Waals surface area contributed by atoms with Crippen LogP contribution in [0, 0.1) is 0 Å². The largest absolute Gasteiger partial charge is 0.368 e. The van der Waals surface area contributed by atoms with E-state index in [0.29, 0.717) is 5.82 Å². The molecule has 0 spiro atoms. The second-order valence-electron chi connectivity index (χ2n) is 2.49. The fourth-order valence-corrected chi connectivity index (χ4v) is 0.931. The first kappa shape index (κ1) is 13.6. The van der Waals surface area contributed by atoms with Gasteiger partial charge >= 0.3 is 0 Å². The van der Waals surface area contributed by atoms with Crippen LogP contribution in [0.1, 0.15) is 20.8 Å². The van der Waals surface area contributed by atoms with E-state index in [1.807, 2.05) is 13.8 Å². The lowest BCUT2D eigenvalue weighted by Crippen LogP contribution is -2.11. The number of carbonyl (C=O) groups is 1. The first-order chi connectivity index (χ1) is 7.08. The molecule has 84 valence electrons. The smallest absolute Gasteiger partial charge is 0.223 e. The van der Waals surface area contributed by atoms with Crippen molar-refractivity contribution in [1.29, 1.82) is 0 Å².